The van der Waals surface area contributed by atoms with Crippen LogP contribution in [0, 0.1) is 32.1 Å². The summed E-state index contributed by atoms with van der Waals surface area (Å²) in [5.74, 6) is -0.125. The fourth-order valence-electron chi connectivity index (χ4n) is 3.52. The van der Waals surface area contributed by atoms with E-state index < -0.39 is 11.5 Å². The van der Waals surface area contributed by atoms with E-state index in [-0.39, 0.29) is 17.0 Å². The van der Waals surface area contributed by atoms with Crippen LogP contribution < -0.4 is 15.6 Å². The fraction of sp³-hybridized carbons (Fsp3) is 0.111. The van der Waals surface area contributed by atoms with E-state index in [0.717, 1.165) is 16.7 Å². The second kappa shape index (κ2) is 9.43. The van der Waals surface area contributed by atoms with Gasteiger partial charge in [-0.3, -0.25) is 14.0 Å². The Kier molecular flexibility index (Phi) is 6.24. The molecule has 2 heterocycles. The molecule has 0 unspecified atom stereocenters. The first-order valence-corrected chi connectivity index (χ1v) is 10.6. The smallest absolute Gasteiger partial charge is 0.269 e. The summed E-state index contributed by atoms with van der Waals surface area (Å²) in [6.07, 6.45) is 2.79. The van der Waals surface area contributed by atoms with Gasteiger partial charge in [0, 0.05) is 11.9 Å². The minimum Gasteiger partial charge on any atom is -0.438 e. The molecule has 1 amide bonds. The van der Waals surface area contributed by atoms with Gasteiger partial charge >= 0.3 is 0 Å². The first-order chi connectivity index (χ1) is 16.3. The number of rotatable bonds is 5. The Hall–Kier alpha value is -4.70. The highest BCUT2D eigenvalue weighted by molar-refractivity contribution is 6.09. The molecule has 0 fully saturated rings. The summed E-state index contributed by atoms with van der Waals surface area (Å²) < 4.78 is 7.35. The lowest BCUT2D eigenvalue weighted by atomic mass is 10.1. The quantitative estimate of drug-likeness (QED) is 0.342. The van der Waals surface area contributed by atoms with E-state index in [1.807, 2.05) is 57.2 Å². The number of aromatic nitrogens is 2. The van der Waals surface area contributed by atoms with Crippen molar-refractivity contribution < 1.29 is 9.53 Å². The number of carbonyl (C=O) groups excluding carboxylic acids is 1. The topological polar surface area (TPSA) is 96.5 Å². The largest absolute Gasteiger partial charge is 0.438 e. The summed E-state index contributed by atoms with van der Waals surface area (Å²) in [6.45, 7) is 5.81. The molecule has 0 spiro atoms. The van der Waals surface area contributed by atoms with Crippen molar-refractivity contribution in [2.45, 2.75) is 20.8 Å². The van der Waals surface area contributed by atoms with Crippen molar-refractivity contribution in [1.29, 1.82) is 5.26 Å². The molecular formula is C27H22N4O3. The number of nitrogens with one attached hydrogen (secondary N) is 1. The van der Waals surface area contributed by atoms with Crippen molar-refractivity contribution in [3.8, 4) is 17.7 Å². The van der Waals surface area contributed by atoms with Crippen molar-refractivity contribution in [2.75, 3.05) is 5.32 Å². The third kappa shape index (κ3) is 4.87. The number of anilines is 1. The Labute approximate surface area is 196 Å². The van der Waals surface area contributed by atoms with Crippen LogP contribution in [-0.4, -0.2) is 15.3 Å². The summed E-state index contributed by atoms with van der Waals surface area (Å²) >= 11 is 0. The Morgan fingerprint density at radius 3 is 2.41 bits per heavy atom. The second-order valence-corrected chi connectivity index (χ2v) is 7.98. The van der Waals surface area contributed by atoms with Crippen LogP contribution in [0.25, 0.3) is 11.7 Å². The van der Waals surface area contributed by atoms with Gasteiger partial charge < -0.3 is 10.1 Å². The predicted octanol–water partition coefficient (Wildman–Crippen LogP) is 4.96. The summed E-state index contributed by atoms with van der Waals surface area (Å²) in [7, 11) is 0. The SMILES string of the molecule is Cc1ccc(NC(=O)/C(C#N)=C/c2c(Oc3cc(C)cc(C)c3)nc3ccccn3c2=O)cc1. The van der Waals surface area contributed by atoms with Gasteiger partial charge in [0.05, 0.1) is 0 Å². The Morgan fingerprint density at radius 2 is 1.74 bits per heavy atom. The van der Waals surface area contributed by atoms with E-state index in [2.05, 4.69) is 10.3 Å². The Balaban J connectivity index is 1.81. The standard InChI is InChI=1S/C27H22N4O3/c1-17-7-9-21(10-8-17)29-25(32)20(16-28)15-23-26(34-22-13-18(2)12-19(3)14-22)30-24-6-4-5-11-31(24)27(23)33/h4-15H,1-3H3,(H,29,32)/b20-15+. The highest BCUT2D eigenvalue weighted by Crippen LogP contribution is 2.26. The zero-order valence-electron chi connectivity index (χ0n) is 19.0. The van der Waals surface area contributed by atoms with Crippen LogP contribution >= 0.6 is 0 Å². The maximum atomic E-state index is 13.3. The van der Waals surface area contributed by atoms with Gasteiger partial charge in [0.2, 0.25) is 5.88 Å². The number of hydrogen-bond donors (Lipinski definition) is 1. The molecule has 2 aromatic heterocycles. The number of hydrogen-bond acceptors (Lipinski definition) is 5. The summed E-state index contributed by atoms with van der Waals surface area (Å²) in [6, 6.07) is 19.8. The molecule has 34 heavy (non-hydrogen) atoms. The maximum Gasteiger partial charge on any atom is 0.269 e. The van der Waals surface area contributed by atoms with Crippen LogP contribution in [0.1, 0.15) is 22.3 Å². The van der Waals surface area contributed by atoms with E-state index in [1.165, 1.54) is 10.5 Å². The van der Waals surface area contributed by atoms with Crippen LogP contribution in [0.4, 0.5) is 5.69 Å². The molecule has 0 atom stereocenters. The number of nitrogens with zero attached hydrogens (tertiary/aromatic N) is 3. The molecule has 0 aliphatic carbocycles. The normalized spacial score (nSPS) is 11.2. The van der Waals surface area contributed by atoms with Crippen LogP contribution in [0.15, 0.2) is 77.2 Å². The molecule has 0 saturated heterocycles. The van der Waals surface area contributed by atoms with Gasteiger partial charge in [-0.15, -0.1) is 0 Å². The predicted molar refractivity (Wildman–Crippen MR) is 131 cm³/mol. The maximum absolute atomic E-state index is 13.3. The zero-order valence-corrected chi connectivity index (χ0v) is 19.0. The zero-order chi connectivity index (χ0) is 24.2. The first kappa shape index (κ1) is 22.5. The van der Waals surface area contributed by atoms with Gasteiger partial charge in [-0.1, -0.05) is 29.8 Å². The molecule has 4 aromatic rings. The number of amides is 1. The monoisotopic (exact) mass is 450 g/mol. The molecule has 168 valence electrons. The lowest BCUT2D eigenvalue weighted by Crippen LogP contribution is -2.20. The first-order valence-electron chi connectivity index (χ1n) is 10.6. The van der Waals surface area contributed by atoms with Crippen LogP contribution in [0.3, 0.4) is 0 Å². The lowest BCUT2D eigenvalue weighted by Gasteiger charge is -2.11. The third-order valence-electron chi connectivity index (χ3n) is 5.11. The number of benzene rings is 2. The van der Waals surface area contributed by atoms with Crippen molar-refractivity contribution >= 4 is 23.3 Å². The number of carbonyl (C=O) groups is 1. The molecule has 0 bridgehead atoms. The number of nitriles is 1. The molecule has 0 aliphatic rings. The van der Waals surface area contributed by atoms with Gasteiger partial charge in [0.25, 0.3) is 11.5 Å². The molecular weight excluding hydrogens is 428 g/mol. The van der Waals surface area contributed by atoms with Gasteiger partial charge in [-0.05, 0) is 74.4 Å². The number of pyridine rings is 1. The van der Waals surface area contributed by atoms with Crippen molar-refractivity contribution in [1.82, 2.24) is 9.38 Å². The van der Waals surface area contributed by atoms with Crippen molar-refractivity contribution in [3.63, 3.8) is 0 Å². The van der Waals surface area contributed by atoms with E-state index in [9.17, 15) is 14.9 Å². The molecule has 0 saturated carbocycles. The minimum atomic E-state index is -0.638. The lowest BCUT2D eigenvalue weighted by molar-refractivity contribution is -0.112. The summed E-state index contributed by atoms with van der Waals surface area (Å²) in [5, 5.41) is 12.4. The summed E-state index contributed by atoms with van der Waals surface area (Å²) in [4.78, 5) is 30.6. The van der Waals surface area contributed by atoms with Crippen LogP contribution in [0.5, 0.6) is 11.6 Å². The highest BCUT2D eigenvalue weighted by Gasteiger charge is 2.17. The van der Waals surface area contributed by atoms with Crippen molar-refractivity contribution in [2.24, 2.45) is 0 Å². The van der Waals surface area contributed by atoms with Gasteiger partial charge in [-0.2, -0.15) is 10.2 Å². The molecule has 0 aliphatic heterocycles. The average molecular weight is 450 g/mol. The fourth-order valence-corrected chi connectivity index (χ4v) is 3.52. The molecule has 2 aromatic carbocycles. The van der Waals surface area contributed by atoms with E-state index in [0.29, 0.717) is 17.1 Å². The number of ether oxygens (including phenoxy) is 1. The Morgan fingerprint density at radius 1 is 1.03 bits per heavy atom. The molecule has 7 nitrogen and oxygen atoms in total. The van der Waals surface area contributed by atoms with E-state index in [1.54, 1.807) is 36.5 Å². The summed E-state index contributed by atoms with van der Waals surface area (Å²) in [5.41, 5.74) is 3.22. The Bertz CT molecular complexity index is 1510. The number of aryl methyl sites for hydroxylation is 3. The third-order valence-corrected chi connectivity index (χ3v) is 5.11. The van der Waals surface area contributed by atoms with Crippen LogP contribution in [0.2, 0.25) is 0 Å². The van der Waals surface area contributed by atoms with Gasteiger partial charge in [0.1, 0.15) is 28.6 Å². The average Bonchev–Trinajstić information content (AvgIpc) is 2.80. The van der Waals surface area contributed by atoms with Gasteiger partial charge in [0.15, 0.2) is 0 Å². The van der Waals surface area contributed by atoms with E-state index >= 15 is 0 Å². The molecule has 0 radical (unpaired) electrons. The molecule has 1 N–H and O–H groups in total. The van der Waals surface area contributed by atoms with Crippen molar-refractivity contribution in [3.05, 3.63) is 105 Å². The molecule has 4 rings (SSSR count). The van der Waals surface area contributed by atoms with Gasteiger partial charge in [-0.25, -0.2) is 0 Å². The minimum absolute atomic E-state index is 0.00142. The molecule has 7 heteroatoms. The second-order valence-electron chi connectivity index (χ2n) is 7.98. The van der Waals surface area contributed by atoms with E-state index in [4.69, 9.17) is 4.74 Å². The highest BCUT2D eigenvalue weighted by atomic mass is 16.5. The van der Waals surface area contributed by atoms with Crippen LogP contribution in [-0.2, 0) is 4.79 Å². The number of fused-ring (bicyclic) bond motifs is 1.